The Balaban J connectivity index is 1.89. The average Bonchev–Trinajstić information content (AvgIpc) is 3.06. The van der Waals surface area contributed by atoms with Crippen LogP contribution in [0.15, 0.2) is 43.1 Å². The van der Waals surface area contributed by atoms with Crippen LogP contribution in [-0.2, 0) is 17.5 Å². The Morgan fingerprint density at radius 1 is 1.35 bits per heavy atom. The highest BCUT2D eigenvalue weighted by Gasteiger charge is 2.33. The van der Waals surface area contributed by atoms with Gasteiger partial charge in [-0.2, -0.15) is 18.3 Å². The molecule has 5 nitrogen and oxygen atoms in total. The summed E-state index contributed by atoms with van der Waals surface area (Å²) < 4.78 is 54.3. The number of rotatable bonds is 4. The van der Waals surface area contributed by atoms with E-state index in [1.165, 1.54) is 6.20 Å². The van der Waals surface area contributed by atoms with Crippen LogP contribution in [0.2, 0.25) is 0 Å². The molecule has 1 aliphatic heterocycles. The molecule has 0 radical (unpaired) electrons. The molecule has 0 saturated heterocycles. The first-order chi connectivity index (χ1) is 12.3. The molecule has 0 saturated carbocycles. The second kappa shape index (κ2) is 6.81. The van der Waals surface area contributed by atoms with E-state index in [9.17, 15) is 22.4 Å². The largest absolute Gasteiger partial charge is 0.416 e. The van der Waals surface area contributed by atoms with Gasteiger partial charge in [-0.05, 0) is 24.3 Å². The molecule has 0 fully saturated rings. The van der Waals surface area contributed by atoms with Crippen LogP contribution in [0.1, 0.15) is 5.56 Å². The van der Waals surface area contributed by atoms with E-state index in [0.29, 0.717) is 31.5 Å². The van der Waals surface area contributed by atoms with Crippen molar-refractivity contribution in [3.8, 4) is 0 Å². The highest BCUT2D eigenvalue weighted by atomic mass is 19.4. The molecule has 3 rings (SSSR count). The van der Waals surface area contributed by atoms with Gasteiger partial charge in [0.1, 0.15) is 11.6 Å². The van der Waals surface area contributed by atoms with Crippen molar-refractivity contribution in [2.45, 2.75) is 12.7 Å². The van der Waals surface area contributed by atoms with Crippen LogP contribution < -0.4 is 10.2 Å². The van der Waals surface area contributed by atoms with Crippen molar-refractivity contribution in [2.75, 3.05) is 18.0 Å². The number of nitrogens with one attached hydrogen (secondary N) is 1. The summed E-state index contributed by atoms with van der Waals surface area (Å²) in [5, 5.41) is 6.83. The summed E-state index contributed by atoms with van der Waals surface area (Å²) in [4.78, 5) is 12.9. The van der Waals surface area contributed by atoms with Crippen molar-refractivity contribution in [1.82, 2.24) is 15.1 Å². The maximum absolute atomic E-state index is 14.4. The highest BCUT2D eigenvalue weighted by molar-refractivity contribution is 5.86. The molecule has 0 spiro atoms. The summed E-state index contributed by atoms with van der Waals surface area (Å²) in [5.41, 5.74) is -1.02. The van der Waals surface area contributed by atoms with Gasteiger partial charge >= 0.3 is 6.18 Å². The number of hydrogen-bond acceptors (Lipinski definition) is 3. The first-order valence-corrected chi connectivity index (χ1v) is 7.86. The number of nitrogens with zero attached hydrogens (tertiary/aromatic N) is 3. The minimum Gasteiger partial charge on any atom is -0.352 e. The topological polar surface area (TPSA) is 50.2 Å². The lowest BCUT2D eigenvalue weighted by molar-refractivity contribution is -0.137. The third-order valence-electron chi connectivity index (χ3n) is 4.16. The number of halogens is 4. The number of benzene rings is 1. The van der Waals surface area contributed by atoms with Crippen LogP contribution in [0, 0.1) is 11.7 Å². The molecule has 0 aliphatic carbocycles. The lowest BCUT2D eigenvalue weighted by Crippen LogP contribution is -2.41. The van der Waals surface area contributed by atoms with Gasteiger partial charge in [-0.1, -0.05) is 6.58 Å². The number of carbonyl (C=O) groups excluding carboxylic acids is 1. The first kappa shape index (κ1) is 18.0. The van der Waals surface area contributed by atoms with Crippen molar-refractivity contribution in [3.63, 3.8) is 0 Å². The van der Waals surface area contributed by atoms with Gasteiger partial charge in [0, 0.05) is 31.6 Å². The Bertz CT molecular complexity index is 830. The van der Waals surface area contributed by atoms with Gasteiger partial charge in [-0.25, -0.2) is 9.07 Å². The van der Waals surface area contributed by atoms with Crippen LogP contribution in [0.5, 0.6) is 0 Å². The summed E-state index contributed by atoms with van der Waals surface area (Å²) in [6.45, 7) is 4.50. The van der Waals surface area contributed by atoms with Crippen LogP contribution in [-0.4, -0.2) is 28.8 Å². The quantitative estimate of drug-likeness (QED) is 0.667. The van der Waals surface area contributed by atoms with Crippen LogP contribution >= 0.6 is 0 Å². The average molecular weight is 368 g/mol. The zero-order valence-electron chi connectivity index (χ0n) is 13.6. The summed E-state index contributed by atoms with van der Waals surface area (Å²) in [6, 6.07) is 4.11. The van der Waals surface area contributed by atoms with Gasteiger partial charge < -0.3 is 10.2 Å². The molecule has 9 heteroatoms. The van der Waals surface area contributed by atoms with E-state index in [1.54, 1.807) is 15.6 Å². The van der Waals surface area contributed by atoms with E-state index in [0.717, 1.165) is 18.2 Å². The molecule has 2 aromatic rings. The van der Waals surface area contributed by atoms with E-state index in [-0.39, 0.29) is 17.5 Å². The van der Waals surface area contributed by atoms with Gasteiger partial charge in [0.05, 0.1) is 17.4 Å². The van der Waals surface area contributed by atoms with E-state index in [4.69, 9.17) is 0 Å². The van der Waals surface area contributed by atoms with Crippen molar-refractivity contribution in [1.29, 1.82) is 0 Å². The predicted molar refractivity (Wildman–Crippen MR) is 87.3 cm³/mol. The normalized spacial score (nSPS) is 16.9. The Hall–Kier alpha value is -2.84. The van der Waals surface area contributed by atoms with E-state index in [2.05, 4.69) is 17.0 Å². The fraction of sp³-hybridized carbons (Fsp3) is 0.294. The van der Waals surface area contributed by atoms with Crippen LogP contribution in [0.4, 0.5) is 29.1 Å². The highest BCUT2D eigenvalue weighted by Crippen LogP contribution is 2.36. The summed E-state index contributed by atoms with van der Waals surface area (Å²) in [7, 11) is 0. The van der Waals surface area contributed by atoms with E-state index >= 15 is 0 Å². The number of fused-ring (bicyclic) bond motifs is 1. The summed E-state index contributed by atoms with van der Waals surface area (Å²) in [5.74, 6) is -0.824. The molecule has 26 heavy (non-hydrogen) atoms. The zero-order chi connectivity index (χ0) is 18.9. The van der Waals surface area contributed by atoms with Crippen molar-refractivity contribution < 1.29 is 22.4 Å². The molecule has 1 aliphatic rings. The van der Waals surface area contributed by atoms with Crippen molar-refractivity contribution >= 4 is 17.4 Å². The van der Waals surface area contributed by atoms with Gasteiger partial charge in [0.15, 0.2) is 0 Å². The maximum Gasteiger partial charge on any atom is 0.416 e. The third-order valence-corrected chi connectivity index (χ3v) is 4.16. The summed E-state index contributed by atoms with van der Waals surface area (Å²) >= 11 is 0. The monoisotopic (exact) mass is 368 g/mol. The Morgan fingerprint density at radius 3 is 2.77 bits per heavy atom. The summed E-state index contributed by atoms with van der Waals surface area (Å²) in [6.07, 6.45) is -1.93. The number of hydrogen-bond donors (Lipinski definition) is 1. The molecule has 1 N–H and O–H groups in total. The fourth-order valence-electron chi connectivity index (χ4n) is 2.92. The SMILES string of the molecule is C=CC(=O)NCC1CN(c2ccc(C(F)(F)F)cc2F)c2ccnn2C1. The van der Waals surface area contributed by atoms with Crippen molar-refractivity contribution in [2.24, 2.45) is 5.92 Å². The van der Waals surface area contributed by atoms with E-state index in [1.807, 2.05) is 0 Å². The Kier molecular flexibility index (Phi) is 4.71. The van der Waals surface area contributed by atoms with Crippen LogP contribution in [0.3, 0.4) is 0 Å². The number of aromatic nitrogens is 2. The molecule has 1 atom stereocenters. The zero-order valence-corrected chi connectivity index (χ0v) is 13.6. The van der Waals surface area contributed by atoms with Crippen molar-refractivity contribution in [3.05, 3.63) is 54.5 Å². The number of carbonyl (C=O) groups is 1. The minimum absolute atomic E-state index is 0.0273. The fourth-order valence-corrected chi connectivity index (χ4v) is 2.92. The number of anilines is 2. The number of alkyl halides is 3. The Labute approximate surface area is 146 Å². The maximum atomic E-state index is 14.4. The Morgan fingerprint density at radius 2 is 2.12 bits per heavy atom. The smallest absolute Gasteiger partial charge is 0.352 e. The lowest BCUT2D eigenvalue weighted by Gasteiger charge is -2.35. The molecule has 1 aromatic heterocycles. The van der Waals surface area contributed by atoms with Gasteiger partial charge in [-0.3, -0.25) is 4.79 Å². The van der Waals surface area contributed by atoms with Gasteiger partial charge in [0.25, 0.3) is 0 Å². The molecule has 1 amide bonds. The standard InChI is InChI=1S/C17H16F4N4O/c1-2-15(26)22-8-11-9-24(16-5-6-23-25(16)10-11)14-4-3-12(7-13(14)18)17(19,20)21/h2-7,11H,1,8-10H2,(H,22,26). The van der Waals surface area contributed by atoms with Gasteiger partial charge in [0.2, 0.25) is 5.91 Å². The van der Waals surface area contributed by atoms with Crippen LogP contribution in [0.25, 0.3) is 0 Å². The third kappa shape index (κ3) is 3.56. The van der Waals surface area contributed by atoms with E-state index < -0.39 is 17.6 Å². The molecular weight excluding hydrogens is 352 g/mol. The molecular formula is C17H16F4N4O. The molecule has 2 heterocycles. The first-order valence-electron chi connectivity index (χ1n) is 7.86. The minimum atomic E-state index is -4.61. The second-order valence-corrected chi connectivity index (χ2v) is 5.96. The molecule has 1 aromatic carbocycles. The molecule has 138 valence electrons. The van der Waals surface area contributed by atoms with Gasteiger partial charge in [-0.15, -0.1) is 0 Å². The number of amides is 1. The molecule has 0 bridgehead atoms. The second-order valence-electron chi connectivity index (χ2n) is 5.96. The molecule has 1 unspecified atom stereocenters. The predicted octanol–water partition coefficient (Wildman–Crippen LogP) is 3.11. The lowest BCUT2D eigenvalue weighted by atomic mass is 10.1.